The van der Waals surface area contributed by atoms with Crippen molar-refractivity contribution in [2.45, 2.75) is 117 Å². The summed E-state index contributed by atoms with van der Waals surface area (Å²) in [7, 11) is 0. The van der Waals surface area contributed by atoms with E-state index in [0.29, 0.717) is 36.1 Å². The number of aromatic nitrogens is 5. The molecule has 4 N–H and O–H groups in total. The zero-order chi connectivity index (χ0) is 49.8. The predicted molar refractivity (Wildman–Crippen MR) is 267 cm³/mol. The number of hydrogen-bond donors (Lipinski definition) is 4. The molecule has 0 radical (unpaired) electrons. The van der Waals surface area contributed by atoms with E-state index < -0.39 is 41.5 Å². The summed E-state index contributed by atoms with van der Waals surface area (Å²) in [6.45, 7) is 15.4. The van der Waals surface area contributed by atoms with E-state index in [0.717, 1.165) is 59.4 Å². The van der Waals surface area contributed by atoms with Gasteiger partial charge in [0, 0.05) is 52.7 Å². The Balaban J connectivity index is 0.804. The molecule has 364 valence electrons. The van der Waals surface area contributed by atoms with Crippen molar-refractivity contribution in [3.8, 4) is 32.4 Å². The molecule has 2 aromatic carbocycles. The minimum absolute atomic E-state index is 0.0128. The molecule has 1 saturated carbocycles. The van der Waals surface area contributed by atoms with Gasteiger partial charge in [0.2, 0.25) is 23.6 Å². The molecular weight excluding hydrogens is 927 g/mol. The lowest BCUT2D eigenvalue weighted by molar-refractivity contribution is -0.145. The van der Waals surface area contributed by atoms with Crippen molar-refractivity contribution in [1.82, 2.24) is 40.3 Å². The molecule has 3 aliphatic rings. The second-order valence-corrected chi connectivity index (χ2v) is 21.7. The number of aryl methyl sites for hydroxylation is 3. The summed E-state index contributed by atoms with van der Waals surface area (Å²) in [6, 6.07) is 16.7. The number of amides is 3. The molecule has 2 unspecified atom stereocenters. The molecular formula is C52H57N9O7S2. The van der Waals surface area contributed by atoms with Crippen LogP contribution < -0.4 is 15.4 Å². The number of aliphatic imine (C=N–C) groups is 1. The Kier molecular flexibility index (Phi) is 13.3. The fourth-order valence-electron chi connectivity index (χ4n) is 9.45. The minimum atomic E-state index is -0.972. The van der Waals surface area contributed by atoms with Gasteiger partial charge in [0.25, 0.3) is 0 Å². The lowest BCUT2D eigenvalue weighted by Gasteiger charge is -2.39. The topological polar surface area (TPSA) is 214 Å². The maximum atomic E-state index is 14.3. The molecule has 4 aromatic heterocycles. The van der Waals surface area contributed by atoms with Gasteiger partial charge in [0.1, 0.15) is 35.1 Å². The van der Waals surface area contributed by atoms with Crippen LogP contribution in [0.1, 0.15) is 110 Å². The van der Waals surface area contributed by atoms with Crippen LogP contribution in [0, 0.1) is 39.0 Å². The number of benzene rings is 2. The maximum absolute atomic E-state index is 14.3. The van der Waals surface area contributed by atoms with Gasteiger partial charge in [-0.15, -0.1) is 32.9 Å². The Morgan fingerprint density at radius 1 is 0.857 bits per heavy atom. The number of aliphatic hydroxyl groups excluding tert-OH is 1. The smallest absolute Gasteiger partial charge is 0.306 e. The van der Waals surface area contributed by atoms with Crippen LogP contribution in [-0.2, 0) is 19.2 Å². The third-order valence-corrected chi connectivity index (χ3v) is 15.8. The van der Waals surface area contributed by atoms with Gasteiger partial charge >= 0.3 is 5.97 Å². The summed E-state index contributed by atoms with van der Waals surface area (Å²) in [4.78, 5) is 71.3. The zero-order valence-electron chi connectivity index (χ0n) is 40.4. The van der Waals surface area contributed by atoms with E-state index in [4.69, 9.17) is 9.73 Å². The van der Waals surface area contributed by atoms with Gasteiger partial charge in [-0.3, -0.25) is 28.7 Å². The summed E-state index contributed by atoms with van der Waals surface area (Å²) < 4.78 is 8.12. The second-order valence-electron chi connectivity index (χ2n) is 19.7. The van der Waals surface area contributed by atoms with E-state index in [9.17, 15) is 29.4 Å². The average molecular weight is 984 g/mol. The van der Waals surface area contributed by atoms with E-state index in [1.54, 1.807) is 34.9 Å². The Bertz CT molecular complexity index is 2980. The number of aliphatic carboxylic acids is 1. The third kappa shape index (κ3) is 9.63. The summed E-state index contributed by atoms with van der Waals surface area (Å²) in [5.74, 6) is -0.787. The molecule has 0 spiro atoms. The summed E-state index contributed by atoms with van der Waals surface area (Å²) in [6.07, 6.45) is 1.37. The highest BCUT2D eigenvalue weighted by molar-refractivity contribution is 7.15. The largest absolute Gasteiger partial charge is 0.481 e. The second kappa shape index (κ2) is 19.3. The number of carbonyl (C=O) groups excluding carboxylic acids is 3. The number of pyridine rings is 1. The number of aliphatic hydroxyl groups is 1. The van der Waals surface area contributed by atoms with Crippen molar-refractivity contribution >= 4 is 52.1 Å². The molecule has 0 bridgehead atoms. The maximum Gasteiger partial charge on any atom is 0.306 e. The number of fused-ring (bicyclic) bond motifs is 3. The first-order valence-corrected chi connectivity index (χ1v) is 25.2. The first-order chi connectivity index (χ1) is 33.3. The van der Waals surface area contributed by atoms with Crippen LogP contribution >= 0.6 is 22.7 Å². The normalized spacial score (nSPS) is 20.6. The number of carbonyl (C=O) groups is 4. The van der Waals surface area contributed by atoms with Gasteiger partial charge in [-0.05, 0) is 81.2 Å². The van der Waals surface area contributed by atoms with Crippen molar-refractivity contribution in [3.05, 3.63) is 117 Å². The van der Waals surface area contributed by atoms with Gasteiger partial charge in [-0.25, -0.2) is 9.97 Å². The fraction of sp³-hybridized carbons (Fsp3) is 0.404. The highest BCUT2D eigenvalue weighted by Crippen LogP contribution is 2.40. The van der Waals surface area contributed by atoms with E-state index in [2.05, 4.69) is 44.6 Å². The predicted octanol–water partition coefficient (Wildman–Crippen LogP) is 7.64. The number of nitrogens with one attached hydrogen (secondary N) is 2. The third-order valence-electron chi connectivity index (χ3n) is 13.6. The first kappa shape index (κ1) is 48.4. The summed E-state index contributed by atoms with van der Waals surface area (Å²) in [5, 5.41) is 36.1. The Hall–Kier alpha value is -6.63. The minimum Gasteiger partial charge on any atom is -0.481 e. The molecule has 3 amide bonds. The van der Waals surface area contributed by atoms with E-state index >= 15 is 0 Å². The molecule has 1 saturated heterocycles. The van der Waals surface area contributed by atoms with Crippen LogP contribution in [0.5, 0.6) is 5.88 Å². The molecule has 2 aliphatic heterocycles. The molecule has 1 aliphatic carbocycles. The fourth-order valence-corrected chi connectivity index (χ4v) is 11.5. The molecule has 18 heteroatoms. The van der Waals surface area contributed by atoms with E-state index in [1.807, 2.05) is 106 Å². The number of β-amino-alcohol motifs (C(OH)–C–C–N with tert-alkyl or cyclic N) is 1. The van der Waals surface area contributed by atoms with Gasteiger partial charge in [-0.1, -0.05) is 69.3 Å². The Labute approximate surface area is 414 Å². The van der Waals surface area contributed by atoms with Crippen molar-refractivity contribution < 1.29 is 34.1 Å². The zero-order valence-corrected chi connectivity index (χ0v) is 42.0. The number of likely N-dealkylation sites (tertiary alicyclic amines) is 1. The van der Waals surface area contributed by atoms with E-state index in [-0.39, 0.29) is 49.3 Å². The molecule has 70 heavy (non-hydrogen) atoms. The van der Waals surface area contributed by atoms with Crippen LogP contribution in [-0.4, -0.2) is 100 Å². The highest BCUT2D eigenvalue weighted by atomic mass is 32.1. The van der Waals surface area contributed by atoms with Crippen LogP contribution in [0.25, 0.3) is 26.6 Å². The number of rotatable bonds is 13. The lowest BCUT2D eigenvalue weighted by Crippen LogP contribution is -2.59. The van der Waals surface area contributed by atoms with Crippen LogP contribution in [0.15, 0.2) is 77.4 Å². The number of hydrogen-bond acceptors (Lipinski definition) is 13. The van der Waals surface area contributed by atoms with Gasteiger partial charge in [0.15, 0.2) is 5.82 Å². The van der Waals surface area contributed by atoms with Crippen LogP contribution in [0.2, 0.25) is 0 Å². The monoisotopic (exact) mass is 983 g/mol. The molecule has 9 rings (SSSR count). The summed E-state index contributed by atoms with van der Waals surface area (Å²) in [5.41, 5.74) is 9.39. The summed E-state index contributed by atoms with van der Waals surface area (Å²) >= 11 is 3.19. The van der Waals surface area contributed by atoms with Gasteiger partial charge in [0.05, 0.1) is 40.4 Å². The van der Waals surface area contributed by atoms with Gasteiger partial charge in [-0.2, -0.15) is 0 Å². The number of carboxylic acid groups (broad SMARTS) is 1. The first-order valence-electron chi connectivity index (χ1n) is 23.5. The number of thiophene rings is 1. The quantitative estimate of drug-likeness (QED) is 0.0883. The van der Waals surface area contributed by atoms with Crippen molar-refractivity contribution in [2.75, 3.05) is 6.54 Å². The van der Waals surface area contributed by atoms with E-state index in [1.165, 1.54) is 4.90 Å². The lowest BCUT2D eigenvalue weighted by atomic mass is 9.80. The average Bonchev–Trinajstić information content (AvgIpc) is 4.08. The van der Waals surface area contributed by atoms with Crippen LogP contribution in [0.3, 0.4) is 0 Å². The molecule has 16 nitrogen and oxygen atoms in total. The number of ether oxygens (including phenoxy) is 1. The van der Waals surface area contributed by atoms with Crippen molar-refractivity contribution in [2.24, 2.45) is 16.3 Å². The highest BCUT2D eigenvalue weighted by Gasteiger charge is 2.46. The van der Waals surface area contributed by atoms with Crippen LogP contribution in [0.4, 0.5) is 0 Å². The SMILES string of the molecule is Cc1ncsc1-c1ccc(C(C)NC(=O)[C@@H]2C[C@@H](O)CN2C(=O)C(NC(=O)C2CC(Oc3ccc(-c4ccc(C5=N[C@@H](CC(=O)O)c6nnc(C)n6-c6sc(C)c(C)c65)cc4)cn3)C2)C(C)(C)C)cc1. The molecule has 6 heterocycles. The Morgan fingerprint density at radius 2 is 1.54 bits per heavy atom. The number of thiazole rings is 1. The molecule has 2 fully saturated rings. The van der Waals surface area contributed by atoms with Crippen molar-refractivity contribution in [1.29, 1.82) is 0 Å². The van der Waals surface area contributed by atoms with Gasteiger partial charge < -0.3 is 30.5 Å². The molecule has 6 aromatic rings. The number of nitrogens with zero attached hydrogens (tertiary/aromatic N) is 7. The standard InChI is InChI=1S/C52H57N9O7S2/c1-26-29(4)70-51-43(26)44(56-39(22-42(63)64)47-59-58-30(5)61(47)51)33-13-11-32(12-14-33)35-17-18-41(53-23-35)68-38-19-36(20-38)48(65)57-46(52(6,7)8)50(67)60-24-37(62)21-40(60)49(66)55-27(2)31-9-15-34(16-10-31)45-28(3)54-25-69-45/h9-18,23,25,27,36-40,46,62H,19-22,24H2,1-8H3,(H,55,66)(H,57,65)(H,63,64)/t27?,36?,37-,38?,39+,40+,46?/m1/s1. The number of carboxylic acids is 1. The van der Waals surface area contributed by atoms with Crippen molar-refractivity contribution in [3.63, 3.8) is 0 Å². The molecule has 5 atom stereocenters. The Morgan fingerprint density at radius 3 is 2.19 bits per heavy atom.